The quantitative estimate of drug-likeness (QED) is 0.615. The topological polar surface area (TPSA) is 62.7 Å². The van der Waals surface area contributed by atoms with Crippen molar-refractivity contribution in [3.05, 3.63) is 16.1 Å². The Morgan fingerprint density at radius 2 is 2.67 bits per heavy atom. The van der Waals surface area contributed by atoms with E-state index in [1.807, 2.05) is 6.07 Å². The summed E-state index contributed by atoms with van der Waals surface area (Å²) >= 11 is 1.42. The number of hydrogen-bond acceptors (Lipinski definition) is 4. The molecule has 46 valence electrons. The Morgan fingerprint density at radius 3 is 3.00 bits per heavy atom. The van der Waals surface area contributed by atoms with Gasteiger partial charge in [-0.3, -0.25) is 0 Å². The smallest absolute Gasteiger partial charge is 0.151 e. The molecular weight excluding hydrogens is 134 g/mol. The minimum Gasteiger partial charge on any atom is -0.325 e. The summed E-state index contributed by atoms with van der Waals surface area (Å²) in [5.41, 5.74) is 5.72. The Bertz CT molecular complexity index is 235. The van der Waals surface area contributed by atoms with Crippen LogP contribution in [0.5, 0.6) is 0 Å². The number of nitriles is 1. The van der Waals surface area contributed by atoms with Crippen LogP contribution in [0, 0.1) is 11.3 Å². The molecule has 1 aromatic rings. The van der Waals surface area contributed by atoms with Crippen LogP contribution < -0.4 is 5.73 Å². The first-order valence-corrected chi connectivity index (χ1v) is 3.29. The fraction of sp³-hybridized carbons (Fsp3) is 0.200. The van der Waals surface area contributed by atoms with Gasteiger partial charge in [-0.1, -0.05) is 0 Å². The zero-order chi connectivity index (χ0) is 6.69. The van der Waals surface area contributed by atoms with Crippen LogP contribution in [0.2, 0.25) is 0 Å². The maximum atomic E-state index is 8.30. The molecule has 0 radical (unpaired) electrons. The van der Waals surface area contributed by atoms with Gasteiger partial charge in [0.15, 0.2) is 5.69 Å². The molecule has 4 heteroatoms. The average Bonchev–Trinajstić information content (AvgIpc) is 2.34. The lowest BCUT2D eigenvalue weighted by Gasteiger charge is -1.79. The highest BCUT2D eigenvalue weighted by molar-refractivity contribution is 7.09. The number of hydrogen-bond donors (Lipinski definition) is 1. The minimum absolute atomic E-state index is 0.423. The van der Waals surface area contributed by atoms with Crippen molar-refractivity contribution < 1.29 is 0 Å². The largest absolute Gasteiger partial charge is 0.325 e. The monoisotopic (exact) mass is 139 g/mol. The Balaban J connectivity index is 2.90. The lowest BCUT2D eigenvalue weighted by Crippen LogP contribution is -1.94. The van der Waals surface area contributed by atoms with E-state index in [0.29, 0.717) is 12.2 Å². The van der Waals surface area contributed by atoms with Crippen LogP contribution in [0.4, 0.5) is 0 Å². The first-order valence-electron chi connectivity index (χ1n) is 2.41. The van der Waals surface area contributed by atoms with E-state index in [1.54, 1.807) is 5.38 Å². The van der Waals surface area contributed by atoms with Crippen LogP contribution in [0.1, 0.15) is 10.7 Å². The summed E-state index contributed by atoms with van der Waals surface area (Å²) in [5.74, 6) is 0. The van der Waals surface area contributed by atoms with Crippen LogP contribution in [0.15, 0.2) is 5.38 Å². The lowest BCUT2D eigenvalue weighted by molar-refractivity contribution is 1.03. The van der Waals surface area contributed by atoms with E-state index in [-0.39, 0.29) is 0 Å². The van der Waals surface area contributed by atoms with E-state index in [1.165, 1.54) is 11.3 Å². The van der Waals surface area contributed by atoms with E-state index in [2.05, 4.69) is 4.98 Å². The Kier molecular flexibility index (Phi) is 1.78. The molecule has 0 unspecified atom stereocenters. The van der Waals surface area contributed by atoms with Gasteiger partial charge in [0.1, 0.15) is 11.1 Å². The first-order chi connectivity index (χ1) is 4.36. The number of nitrogens with zero attached hydrogens (tertiary/aromatic N) is 2. The molecule has 0 spiro atoms. The average molecular weight is 139 g/mol. The molecule has 0 aliphatic carbocycles. The maximum Gasteiger partial charge on any atom is 0.151 e. The third-order valence-corrected chi connectivity index (χ3v) is 1.71. The molecule has 0 saturated heterocycles. The third-order valence-electron chi connectivity index (χ3n) is 0.841. The normalized spacial score (nSPS) is 8.89. The van der Waals surface area contributed by atoms with Gasteiger partial charge in [-0.15, -0.1) is 11.3 Å². The molecule has 0 aromatic carbocycles. The second-order valence-electron chi connectivity index (χ2n) is 1.44. The summed E-state index contributed by atoms with van der Waals surface area (Å²) in [7, 11) is 0. The molecule has 9 heavy (non-hydrogen) atoms. The predicted molar refractivity (Wildman–Crippen MR) is 34.7 cm³/mol. The van der Waals surface area contributed by atoms with Crippen molar-refractivity contribution in [1.82, 2.24) is 4.98 Å². The summed E-state index contributed by atoms with van der Waals surface area (Å²) in [6.07, 6.45) is 0. The van der Waals surface area contributed by atoms with E-state index in [0.717, 1.165) is 5.01 Å². The molecule has 2 N–H and O–H groups in total. The third kappa shape index (κ3) is 1.25. The SMILES string of the molecule is N#Cc1csc(CN)n1. The maximum absolute atomic E-state index is 8.30. The van der Waals surface area contributed by atoms with Crippen LogP contribution in [0.3, 0.4) is 0 Å². The number of aromatic nitrogens is 1. The van der Waals surface area contributed by atoms with Gasteiger partial charge >= 0.3 is 0 Å². The molecule has 0 bridgehead atoms. The van der Waals surface area contributed by atoms with E-state index in [4.69, 9.17) is 11.0 Å². The summed E-state index contributed by atoms with van der Waals surface area (Å²) in [4.78, 5) is 3.88. The molecule has 0 atom stereocenters. The van der Waals surface area contributed by atoms with Crippen LogP contribution in [-0.2, 0) is 6.54 Å². The minimum atomic E-state index is 0.423. The molecule has 0 aliphatic heterocycles. The van der Waals surface area contributed by atoms with Crippen molar-refractivity contribution in [2.45, 2.75) is 6.54 Å². The van der Waals surface area contributed by atoms with Crippen molar-refractivity contribution in [3.63, 3.8) is 0 Å². The predicted octanol–water partition coefficient (Wildman–Crippen LogP) is 0.473. The summed E-state index contributed by atoms with van der Waals surface area (Å²) in [5, 5.41) is 10.8. The first kappa shape index (κ1) is 6.20. The van der Waals surface area contributed by atoms with Gasteiger partial charge in [0.2, 0.25) is 0 Å². The summed E-state index contributed by atoms with van der Waals surface area (Å²) < 4.78 is 0. The second-order valence-corrected chi connectivity index (χ2v) is 2.39. The van der Waals surface area contributed by atoms with Crippen LogP contribution in [-0.4, -0.2) is 4.98 Å². The van der Waals surface area contributed by atoms with E-state index >= 15 is 0 Å². The Morgan fingerprint density at radius 1 is 1.89 bits per heavy atom. The van der Waals surface area contributed by atoms with Gasteiger partial charge in [-0.2, -0.15) is 5.26 Å². The van der Waals surface area contributed by atoms with Gasteiger partial charge in [-0.05, 0) is 0 Å². The number of thiazole rings is 1. The van der Waals surface area contributed by atoms with E-state index < -0.39 is 0 Å². The van der Waals surface area contributed by atoms with Crippen molar-refractivity contribution >= 4 is 11.3 Å². The highest BCUT2D eigenvalue weighted by Crippen LogP contribution is 2.06. The zero-order valence-corrected chi connectivity index (χ0v) is 5.48. The fourth-order valence-corrected chi connectivity index (χ4v) is 1.06. The van der Waals surface area contributed by atoms with Crippen LogP contribution in [0.25, 0.3) is 0 Å². The van der Waals surface area contributed by atoms with Crippen molar-refractivity contribution in [2.24, 2.45) is 5.73 Å². The van der Waals surface area contributed by atoms with E-state index in [9.17, 15) is 0 Å². The standard InChI is InChI=1S/C5H5N3S/c6-1-4-3-9-5(2-7)8-4/h3H,2,7H2. The van der Waals surface area contributed by atoms with Gasteiger partial charge in [0.25, 0.3) is 0 Å². The van der Waals surface area contributed by atoms with Crippen molar-refractivity contribution in [1.29, 1.82) is 5.26 Å². The Labute approximate surface area is 56.8 Å². The lowest BCUT2D eigenvalue weighted by atomic mass is 10.5. The van der Waals surface area contributed by atoms with Crippen molar-refractivity contribution in [3.8, 4) is 6.07 Å². The molecule has 1 aromatic heterocycles. The molecule has 3 nitrogen and oxygen atoms in total. The summed E-state index contributed by atoms with van der Waals surface area (Å²) in [6, 6.07) is 1.93. The Hall–Kier alpha value is -0.920. The highest BCUT2D eigenvalue weighted by atomic mass is 32.1. The second kappa shape index (κ2) is 2.58. The highest BCUT2D eigenvalue weighted by Gasteiger charge is 1.95. The molecular formula is C5H5N3S. The molecule has 1 heterocycles. The van der Waals surface area contributed by atoms with Crippen molar-refractivity contribution in [2.75, 3.05) is 0 Å². The molecule has 0 saturated carbocycles. The number of rotatable bonds is 1. The molecule has 0 aliphatic rings. The molecule has 1 rings (SSSR count). The number of nitrogens with two attached hydrogens (primary N) is 1. The van der Waals surface area contributed by atoms with Crippen LogP contribution >= 0.6 is 11.3 Å². The summed E-state index contributed by atoms with van der Waals surface area (Å²) in [6.45, 7) is 0.423. The van der Waals surface area contributed by atoms with Gasteiger partial charge in [-0.25, -0.2) is 4.98 Å². The molecule has 0 amide bonds. The van der Waals surface area contributed by atoms with Gasteiger partial charge in [0, 0.05) is 11.9 Å². The fourth-order valence-electron chi connectivity index (χ4n) is 0.456. The van der Waals surface area contributed by atoms with Gasteiger partial charge < -0.3 is 5.73 Å². The van der Waals surface area contributed by atoms with Gasteiger partial charge in [0.05, 0.1) is 0 Å². The molecule has 0 fully saturated rings. The zero-order valence-electron chi connectivity index (χ0n) is 4.66.